The number of morpholine rings is 1. The minimum atomic E-state index is -0.786. The molecule has 0 saturated carbocycles. The van der Waals surface area contributed by atoms with E-state index in [1.54, 1.807) is 24.3 Å². The van der Waals surface area contributed by atoms with Crippen LogP contribution in [0.25, 0.3) is 0 Å². The Labute approximate surface area is 144 Å². The average Bonchev–Trinajstić information content (AvgIpc) is 2.64. The molecule has 1 aliphatic heterocycles. The van der Waals surface area contributed by atoms with Crippen LogP contribution in [-0.4, -0.2) is 42.4 Å². The average molecular weight is 345 g/mol. The van der Waals surface area contributed by atoms with Gasteiger partial charge in [-0.1, -0.05) is 30.3 Å². The normalized spacial score (nSPS) is 17.4. The van der Waals surface area contributed by atoms with Gasteiger partial charge in [-0.3, -0.25) is 9.59 Å². The Morgan fingerprint density at radius 1 is 1.12 bits per heavy atom. The first-order chi connectivity index (χ1) is 12.1. The molecule has 1 saturated heterocycles. The summed E-state index contributed by atoms with van der Waals surface area (Å²) in [7, 11) is 0. The van der Waals surface area contributed by atoms with Gasteiger partial charge in [-0.2, -0.15) is 0 Å². The molecule has 4 nitrogen and oxygen atoms in total. The van der Waals surface area contributed by atoms with Crippen LogP contribution in [0.5, 0.6) is 0 Å². The highest BCUT2D eigenvalue weighted by atomic mass is 19.1. The number of benzene rings is 2. The van der Waals surface area contributed by atoms with E-state index in [0.717, 1.165) is 18.2 Å². The van der Waals surface area contributed by atoms with Crippen LogP contribution in [0.4, 0.5) is 8.78 Å². The summed E-state index contributed by atoms with van der Waals surface area (Å²) in [5.41, 5.74) is 0.205. The minimum Gasteiger partial charge on any atom is -0.377 e. The van der Waals surface area contributed by atoms with Crippen LogP contribution in [0, 0.1) is 11.6 Å². The molecule has 2 aromatic carbocycles. The SMILES string of the molecule is O=C(C[C@H]1COCCN1C(=O)c1cc(F)ccc1F)c1ccccc1. The Morgan fingerprint density at radius 3 is 2.64 bits per heavy atom. The highest BCUT2D eigenvalue weighted by Gasteiger charge is 2.31. The number of rotatable bonds is 4. The third-order valence-electron chi connectivity index (χ3n) is 4.16. The molecular weight excluding hydrogens is 328 g/mol. The second kappa shape index (κ2) is 7.53. The molecular formula is C19H17F2NO3. The Kier molecular flexibility index (Phi) is 5.19. The Bertz CT molecular complexity index is 779. The van der Waals surface area contributed by atoms with Gasteiger partial charge in [-0.25, -0.2) is 8.78 Å². The van der Waals surface area contributed by atoms with E-state index in [0.29, 0.717) is 12.2 Å². The fourth-order valence-corrected chi connectivity index (χ4v) is 2.86. The summed E-state index contributed by atoms with van der Waals surface area (Å²) in [6, 6.07) is 11.0. The molecule has 0 radical (unpaired) electrons. The fraction of sp³-hybridized carbons (Fsp3) is 0.263. The largest absolute Gasteiger partial charge is 0.377 e. The van der Waals surface area contributed by atoms with Crippen LogP contribution in [0.15, 0.2) is 48.5 Å². The molecule has 6 heteroatoms. The molecule has 0 aromatic heterocycles. The van der Waals surface area contributed by atoms with Crippen molar-refractivity contribution in [3.63, 3.8) is 0 Å². The standard InChI is InChI=1S/C19H17F2NO3/c20-14-6-7-17(21)16(10-14)19(24)22-8-9-25-12-15(22)11-18(23)13-4-2-1-3-5-13/h1-7,10,15H,8-9,11-12H2/t15-/m0/s1. The lowest BCUT2D eigenvalue weighted by molar-refractivity contribution is -0.00305. The number of amides is 1. The first-order valence-electron chi connectivity index (χ1n) is 7.98. The molecule has 1 fully saturated rings. The van der Waals surface area contributed by atoms with Crippen molar-refractivity contribution in [2.75, 3.05) is 19.8 Å². The molecule has 0 bridgehead atoms. The van der Waals surface area contributed by atoms with Crippen molar-refractivity contribution in [3.05, 3.63) is 71.3 Å². The number of hydrogen-bond acceptors (Lipinski definition) is 3. The van der Waals surface area contributed by atoms with E-state index in [1.807, 2.05) is 6.07 Å². The minimum absolute atomic E-state index is 0.0622. The molecule has 1 atom stereocenters. The highest BCUT2D eigenvalue weighted by Crippen LogP contribution is 2.19. The number of ketones is 1. The molecule has 0 unspecified atom stereocenters. The summed E-state index contributed by atoms with van der Waals surface area (Å²) >= 11 is 0. The monoisotopic (exact) mass is 345 g/mol. The summed E-state index contributed by atoms with van der Waals surface area (Å²) in [5, 5.41) is 0. The first kappa shape index (κ1) is 17.2. The van der Waals surface area contributed by atoms with Gasteiger partial charge in [-0.15, -0.1) is 0 Å². The summed E-state index contributed by atoms with van der Waals surface area (Å²) in [6.45, 7) is 0.696. The Morgan fingerprint density at radius 2 is 1.88 bits per heavy atom. The van der Waals surface area contributed by atoms with Crippen LogP contribution in [0.1, 0.15) is 27.1 Å². The lowest BCUT2D eigenvalue weighted by atomic mass is 10.0. The summed E-state index contributed by atoms with van der Waals surface area (Å²) in [5.74, 6) is -2.24. The number of Topliss-reactive ketones (excluding diaryl/α,β-unsaturated/α-hetero) is 1. The maximum absolute atomic E-state index is 13.9. The van der Waals surface area contributed by atoms with Crippen molar-refractivity contribution in [3.8, 4) is 0 Å². The fourth-order valence-electron chi connectivity index (χ4n) is 2.86. The van der Waals surface area contributed by atoms with Crippen LogP contribution in [-0.2, 0) is 4.74 Å². The van der Waals surface area contributed by atoms with Gasteiger partial charge in [0.05, 0.1) is 24.8 Å². The molecule has 1 heterocycles. The molecule has 2 aromatic rings. The zero-order valence-corrected chi connectivity index (χ0v) is 13.5. The Hall–Kier alpha value is -2.60. The van der Waals surface area contributed by atoms with Gasteiger partial charge < -0.3 is 9.64 Å². The number of halogens is 2. The van der Waals surface area contributed by atoms with Crippen LogP contribution >= 0.6 is 0 Å². The number of carbonyl (C=O) groups is 2. The lowest BCUT2D eigenvalue weighted by Gasteiger charge is -2.35. The summed E-state index contributed by atoms with van der Waals surface area (Å²) in [4.78, 5) is 26.5. The van der Waals surface area contributed by atoms with Gasteiger partial charge in [0.2, 0.25) is 0 Å². The van der Waals surface area contributed by atoms with Crippen molar-refractivity contribution in [1.29, 1.82) is 0 Å². The molecule has 0 aliphatic carbocycles. The zero-order chi connectivity index (χ0) is 17.8. The predicted molar refractivity (Wildman–Crippen MR) is 87.4 cm³/mol. The zero-order valence-electron chi connectivity index (χ0n) is 13.5. The number of hydrogen-bond donors (Lipinski definition) is 0. The maximum Gasteiger partial charge on any atom is 0.257 e. The van der Waals surface area contributed by atoms with Gasteiger partial charge in [0.1, 0.15) is 11.6 Å². The quantitative estimate of drug-likeness (QED) is 0.800. The van der Waals surface area contributed by atoms with Crippen LogP contribution in [0.2, 0.25) is 0 Å². The molecule has 1 amide bonds. The topological polar surface area (TPSA) is 46.6 Å². The van der Waals surface area contributed by atoms with E-state index in [1.165, 1.54) is 4.90 Å². The van der Waals surface area contributed by atoms with Crippen molar-refractivity contribution in [1.82, 2.24) is 4.90 Å². The van der Waals surface area contributed by atoms with E-state index in [2.05, 4.69) is 0 Å². The number of carbonyl (C=O) groups excluding carboxylic acids is 2. The second-order valence-electron chi connectivity index (χ2n) is 5.84. The molecule has 0 spiro atoms. The van der Waals surface area contributed by atoms with Gasteiger partial charge in [-0.05, 0) is 18.2 Å². The van der Waals surface area contributed by atoms with E-state index in [-0.39, 0.29) is 30.9 Å². The molecule has 0 N–H and O–H groups in total. The second-order valence-corrected chi connectivity index (χ2v) is 5.84. The highest BCUT2D eigenvalue weighted by molar-refractivity contribution is 5.98. The van der Waals surface area contributed by atoms with Crippen molar-refractivity contribution in [2.45, 2.75) is 12.5 Å². The van der Waals surface area contributed by atoms with Crippen LogP contribution in [0.3, 0.4) is 0 Å². The third-order valence-corrected chi connectivity index (χ3v) is 4.16. The van der Waals surface area contributed by atoms with Gasteiger partial charge in [0.15, 0.2) is 5.78 Å². The maximum atomic E-state index is 13.9. The van der Waals surface area contributed by atoms with Gasteiger partial charge >= 0.3 is 0 Å². The number of ether oxygens (including phenoxy) is 1. The van der Waals surface area contributed by atoms with Gasteiger partial charge in [0.25, 0.3) is 5.91 Å². The molecule has 1 aliphatic rings. The van der Waals surface area contributed by atoms with Crippen molar-refractivity contribution >= 4 is 11.7 Å². The van der Waals surface area contributed by atoms with Crippen molar-refractivity contribution in [2.24, 2.45) is 0 Å². The smallest absolute Gasteiger partial charge is 0.257 e. The van der Waals surface area contributed by atoms with Crippen LogP contribution < -0.4 is 0 Å². The summed E-state index contributed by atoms with van der Waals surface area (Å²) in [6.07, 6.45) is 0.0622. The molecule has 130 valence electrons. The molecule has 3 rings (SSSR count). The summed E-state index contributed by atoms with van der Waals surface area (Å²) < 4.78 is 32.7. The lowest BCUT2D eigenvalue weighted by Crippen LogP contribution is -2.49. The predicted octanol–water partition coefficient (Wildman–Crippen LogP) is 3.08. The number of nitrogens with zero attached hydrogens (tertiary/aromatic N) is 1. The van der Waals surface area contributed by atoms with Gasteiger partial charge in [0, 0.05) is 18.5 Å². The van der Waals surface area contributed by atoms with E-state index in [9.17, 15) is 18.4 Å². The van der Waals surface area contributed by atoms with E-state index in [4.69, 9.17) is 4.74 Å². The van der Waals surface area contributed by atoms with E-state index < -0.39 is 23.6 Å². The third kappa shape index (κ3) is 3.91. The first-order valence-corrected chi connectivity index (χ1v) is 7.98. The molecule has 25 heavy (non-hydrogen) atoms. The van der Waals surface area contributed by atoms with E-state index >= 15 is 0 Å². The van der Waals surface area contributed by atoms with Crippen molar-refractivity contribution < 1.29 is 23.1 Å². The Balaban J connectivity index is 1.80.